The van der Waals surface area contributed by atoms with Crippen molar-refractivity contribution in [3.8, 4) is 0 Å². The van der Waals surface area contributed by atoms with Crippen molar-refractivity contribution in [2.24, 2.45) is 0 Å². The third-order valence-electron chi connectivity index (χ3n) is 5.10. The van der Waals surface area contributed by atoms with Gasteiger partial charge >= 0.3 is 0 Å². The van der Waals surface area contributed by atoms with Gasteiger partial charge in [0, 0.05) is 43.8 Å². The maximum absolute atomic E-state index is 13.2. The minimum absolute atomic E-state index is 0.131. The summed E-state index contributed by atoms with van der Waals surface area (Å²) in [5.74, 6) is -0.642. The average molecular weight is 421 g/mol. The number of anilines is 1. The molecule has 0 saturated carbocycles. The SMILES string of the molecule is CC(C(=O)Nc1ccccc1[N+](=O)[O-])N1CCN(Cc2ccc(F)cc2Cl)CC1. The Morgan fingerprint density at radius 1 is 1.24 bits per heavy atom. The Kier molecular flexibility index (Phi) is 6.79. The Morgan fingerprint density at radius 2 is 1.93 bits per heavy atom. The van der Waals surface area contributed by atoms with E-state index in [2.05, 4.69) is 10.2 Å². The molecular weight excluding hydrogens is 399 g/mol. The molecule has 0 bridgehead atoms. The van der Waals surface area contributed by atoms with Gasteiger partial charge in [-0.25, -0.2) is 4.39 Å². The lowest BCUT2D eigenvalue weighted by molar-refractivity contribution is -0.383. The van der Waals surface area contributed by atoms with E-state index < -0.39 is 11.0 Å². The predicted octanol–water partition coefficient (Wildman–Crippen LogP) is 3.53. The highest BCUT2D eigenvalue weighted by atomic mass is 35.5. The molecule has 2 aromatic carbocycles. The fourth-order valence-corrected chi connectivity index (χ4v) is 3.57. The molecule has 1 unspecified atom stereocenters. The highest BCUT2D eigenvalue weighted by Crippen LogP contribution is 2.24. The van der Waals surface area contributed by atoms with Gasteiger partial charge in [0.05, 0.1) is 11.0 Å². The van der Waals surface area contributed by atoms with Crippen LogP contribution in [-0.2, 0) is 11.3 Å². The van der Waals surface area contributed by atoms with Gasteiger partial charge in [0.15, 0.2) is 0 Å². The minimum atomic E-state index is -0.514. The van der Waals surface area contributed by atoms with Gasteiger partial charge in [-0.1, -0.05) is 29.8 Å². The Bertz CT molecular complexity index is 903. The molecule has 0 spiro atoms. The number of carbonyl (C=O) groups excluding carboxylic acids is 1. The predicted molar refractivity (Wildman–Crippen MR) is 109 cm³/mol. The number of halogens is 2. The zero-order valence-electron chi connectivity index (χ0n) is 16.0. The summed E-state index contributed by atoms with van der Waals surface area (Å²) in [6.45, 7) is 5.21. The molecule has 0 radical (unpaired) electrons. The number of nitrogens with one attached hydrogen (secondary N) is 1. The molecule has 1 N–H and O–H groups in total. The first kappa shape index (κ1) is 21.2. The molecule has 29 heavy (non-hydrogen) atoms. The maximum atomic E-state index is 13.2. The van der Waals surface area contributed by atoms with E-state index in [9.17, 15) is 19.3 Å². The van der Waals surface area contributed by atoms with Crippen LogP contribution in [0.2, 0.25) is 5.02 Å². The first-order valence-electron chi connectivity index (χ1n) is 9.30. The monoisotopic (exact) mass is 420 g/mol. The topological polar surface area (TPSA) is 78.7 Å². The first-order chi connectivity index (χ1) is 13.8. The summed E-state index contributed by atoms with van der Waals surface area (Å²) in [5, 5.41) is 14.2. The van der Waals surface area contributed by atoms with Crippen molar-refractivity contribution in [2.75, 3.05) is 31.5 Å². The smallest absolute Gasteiger partial charge is 0.292 e. The Hall–Kier alpha value is -2.55. The Morgan fingerprint density at radius 3 is 2.59 bits per heavy atom. The number of carbonyl (C=O) groups is 1. The van der Waals surface area contributed by atoms with Gasteiger partial charge in [0.25, 0.3) is 5.69 Å². The van der Waals surface area contributed by atoms with Crippen LogP contribution in [0.3, 0.4) is 0 Å². The van der Waals surface area contributed by atoms with Crippen LogP contribution >= 0.6 is 11.6 Å². The average Bonchev–Trinajstić information content (AvgIpc) is 2.70. The number of rotatable bonds is 6. The summed E-state index contributed by atoms with van der Waals surface area (Å²) >= 11 is 6.10. The lowest BCUT2D eigenvalue weighted by Gasteiger charge is -2.37. The van der Waals surface area contributed by atoms with Gasteiger partial charge in [-0.2, -0.15) is 0 Å². The van der Waals surface area contributed by atoms with Crippen molar-refractivity contribution in [1.29, 1.82) is 0 Å². The largest absolute Gasteiger partial charge is 0.319 e. The summed E-state index contributed by atoms with van der Waals surface area (Å²) in [4.78, 5) is 27.4. The highest BCUT2D eigenvalue weighted by molar-refractivity contribution is 6.31. The second-order valence-corrected chi connectivity index (χ2v) is 7.39. The van der Waals surface area contributed by atoms with Crippen LogP contribution in [-0.4, -0.2) is 52.9 Å². The van der Waals surface area contributed by atoms with E-state index in [0.29, 0.717) is 24.7 Å². The molecule has 1 fully saturated rings. The number of amides is 1. The molecule has 1 atom stereocenters. The molecule has 1 saturated heterocycles. The molecule has 1 heterocycles. The summed E-state index contributed by atoms with van der Waals surface area (Å²) in [6, 6.07) is 10.1. The van der Waals surface area contributed by atoms with Gasteiger partial charge in [0.1, 0.15) is 11.5 Å². The number of nitro groups is 1. The van der Waals surface area contributed by atoms with Crippen molar-refractivity contribution in [3.05, 3.63) is 69.0 Å². The molecule has 7 nitrogen and oxygen atoms in total. The van der Waals surface area contributed by atoms with Crippen LogP contribution in [0.1, 0.15) is 12.5 Å². The number of nitro benzene ring substituents is 1. The molecule has 9 heteroatoms. The molecule has 1 aliphatic rings. The van der Waals surface area contributed by atoms with Gasteiger partial charge in [0.2, 0.25) is 5.91 Å². The molecule has 0 aromatic heterocycles. The van der Waals surface area contributed by atoms with Crippen molar-refractivity contribution in [1.82, 2.24) is 9.80 Å². The quantitative estimate of drug-likeness (QED) is 0.571. The summed E-state index contributed by atoms with van der Waals surface area (Å²) in [7, 11) is 0. The zero-order valence-corrected chi connectivity index (χ0v) is 16.7. The number of para-hydroxylation sites is 2. The van der Waals surface area contributed by atoms with Crippen LogP contribution in [0, 0.1) is 15.9 Å². The third-order valence-corrected chi connectivity index (χ3v) is 5.45. The van der Waals surface area contributed by atoms with Gasteiger partial charge < -0.3 is 5.32 Å². The summed E-state index contributed by atoms with van der Waals surface area (Å²) in [5.41, 5.74) is 0.927. The molecule has 154 valence electrons. The van der Waals surface area contributed by atoms with Gasteiger partial charge in [-0.05, 0) is 30.7 Å². The number of hydrogen-bond acceptors (Lipinski definition) is 5. The van der Waals surface area contributed by atoms with E-state index in [1.165, 1.54) is 24.3 Å². The fraction of sp³-hybridized carbons (Fsp3) is 0.350. The van der Waals surface area contributed by atoms with Crippen LogP contribution in [0.25, 0.3) is 0 Å². The first-order valence-corrected chi connectivity index (χ1v) is 9.67. The standard InChI is InChI=1S/C20H22ClFN4O3/c1-14(20(27)23-18-4-2-3-5-19(18)26(28)29)25-10-8-24(9-11-25)13-15-6-7-16(22)12-17(15)21/h2-7,12,14H,8-11,13H2,1H3,(H,23,27). The number of benzene rings is 2. The molecule has 0 aliphatic carbocycles. The maximum Gasteiger partial charge on any atom is 0.292 e. The van der Waals surface area contributed by atoms with Crippen molar-refractivity contribution >= 4 is 28.9 Å². The van der Waals surface area contributed by atoms with Crippen molar-refractivity contribution < 1.29 is 14.1 Å². The summed E-state index contributed by atoms with van der Waals surface area (Å²) < 4.78 is 13.2. The Balaban J connectivity index is 1.55. The molecule has 1 amide bonds. The van der Waals surface area contributed by atoms with E-state index >= 15 is 0 Å². The normalized spacial score (nSPS) is 16.4. The molecule has 1 aliphatic heterocycles. The van der Waals surface area contributed by atoms with Gasteiger partial charge in [-0.3, -0.25) is 24.7 Å². The van der Waals surface area contributed by atoms with Crippen LogP contribution in [0.5, 0.6) is 0 Å². The van der Waals surface area contributed by atoms with Gasteiger partial charge in [-0.15, -0.1) is 0 Å². The van der Waals surface area contributed by atoms with Crippen LogP contribution in [0.15, 0.2) is 42.5 Å². The van der Waals surface area contributed by atoms with E-state index in [4.69, 9.17) is 11.6 Å². The zero-order chi connectivity index (χ0) is 21.0. The fourth-order valence-electron chi connectivity index (χ4n) is 3.34. The molecule has 2 aromatic rings. The molecular formula is C20H22ClFN4O3. The van der Waals surface area contributed by atoms with Crippen LogP contribution in [0.4, 0.5) is 15.8 Å². The minimum Gasteiger partial charge on any atom is -0.319 e. The van der Waals surface area contributed by atoms with Crippen molar-refractivity contribution in [3.63, 3.8) is 0 Å². The van der Waals surface area contributed by atoms with E-state index in [1.807, 2.05) is 4.90 Å². The highest BCUT2D eigenvalue weighted by Gasteiger charge is 2.27. The second kappa shape index (κ2) is 9.30. The van der Waals surface area contributed by atoms with E-state index in [1.54, 1.807) is 25.1 Å². The van der Waals surface area contributed by atoms with Crippen LogP contribution < -0.4 is 5.32 Å². The third kappa shape index (κ3) is 5.29. The summed E-state index contributed by atoms with van der Waals surface area (Å²) in [6.07, 6.45) is 0. The number of hydrogen-bond donors (Lipinski definition) is 1. The lowest BCUT2D eigenvalue weighted by Crippen LogP contribution is -2.52. The number of piperazine rings is 1. The van der Waals surface area contributed by atoms with E-state index in [0.717, 1.165) is 18.7 Å². The number of nitrogens with zero attached hydrogens (tertiary/aromatic N) is 3. The Labute approximate surface area is 173 Å². The van der Waals surface area contributed by atoms with E-state index in [-0.39, 0.29) is 23.1 Å². The second-order valence-electron chi connectivity index (χ2n) is 6.99. The lowest BCUT2D eigenvalue weighted by atomic mass is 10.1. The van der Waals surface area contributed by atoms with Crippen molar-refractivity contribution in [2.45, 2.75) is 19.5 Å². The molecule has 3 rings (SSSR count).